The summed E-state index contributed by atoms with van der Waals surface area (Å²) in [6.45, 7) is 0.425. The first-order valence-electron chi connectivity index (χ1n) is 6.95. The van der Waals surface area contributed by atoms with Gasteiger partial charge in [0.05, 0.1) is 32.1 Å². The normalized spacial score (nSPS) is 19.8. The van der Waals surface area contributed by atoms with Gasteiger partial charge >= 0.3 is 12.1 Å². The molecule has 0 spiro atoms. The van der Waals surface area contributed by atoms with Crippen molar-refractivity contribution >= 4 is 12.1 Å². The molecular formula is C16H19NO5. The fraction of sp³-hybridized carbons (Fsp3) is 0.375. The summed E-state index contributed by atoms with van der Waals surface area (Å²) in [7, 11) is 2.90. The summed E-state index contributed by atoms with van der Waals surface area (Å²) in [5, 5.41) is 9.37. The predicted octanol–water partition coefficient (Wildman–Crippen LogP) is 2.82. The van der Waals surface area contributed by atoms with Gasteiger partial charge in [-0.25, -0.2) is 9.59 Å². The van der Waals surface area contributed by atoms with Crippen molar-refractivity contribution in [2.75, 3.05) is 20.8 Å². The number of methoxy groups -OCH3 is 2. The number of esters is 1. The molecule has 2 rings (SSSR count). The molecule has 0 radical (unpaired) electrons. The second-order valence-corrected chi connectivity index (χ2v) is 5.07. The Morgan fingerprint density at radius 1 is 1.27 bits per heavy atom. The van der Waals surface area contributed by atoms with E-state index in [0.717, 1.165) is 11.1 Å². The van der Waals surface area contributed by atoms with Crippen molar-refractivity contribution < 1.29 is 24.2 Å². The number of amides is 1. The molecule has 118 valence electrons. The number of hydrogen-bond donors (Lipinski definition) is 1. The molecule has 1 saturated heterocycles. The number of nitrogens with zero attached hydrogens (tertiary/aromatic N) is 1. The van der Waals surface area contributed by atoms with E-state index in [9.17, 15) is 14.7 Å². The van der Waals surface area contributed by atoms with Crippen LogP contribution < -0.4 is 0 Å². The summed E-state index contributed by atoms with van der Waals surface area (Å²) in [5.41, 5.74) is 2.36. The molecule has 0 saturated carbocycles. The lowest BCUT2D eigenvalue weighted by molar-refractivity contribution is 0.0600. The number of carboxylic acid groups (broad SMARTS) is 1. The molecule has 6 nitrogen and oxygen atoms in total. The van der Waals surface area contributed by atoms with Crippen molar-refractivity contribution in [3.05, 3.63) is 47.2 Å². The van der Waals surface area contributed by atoms with Gasteiger partial charge in [0.25, 0.3) is 0 Å². The lowest BCUT2D eigenvalue weighted by Crippen LogP contribution is -2.38. The van der Waals surface area contributed by atoms with E-state index in [1.165, 1.54) is 12.0 Å². The minimum Gasteiger partial charge on any atom is -0.504 e. The molecule has 1 aliphatic rings. The number of likely N-dealkylation sites (tertiary alicyclic amines) is 1. The van der Waals surface area contributed by atoms with Gasteiger partial charge in [0.1, 0.15) is 0 Å². The number of hydrogen-bond acceptors (Lipinski definition) is 4. The zero-order chi connectivity index (χ0) is 16.1. The van der Waals surface area contributed by atoms with E-state index in [-0.39, 0.29) is 6.04 Å². The fourth-order valence-electron chi connectivity index (χ4n) is 2.64. The van der Waals surface area contributed by atoms with Crippen molar-refractivity contribution in [3.8, 4) is 0 Å². The van der Waals surface area contributed by atoms with Gasteiger partial charge in [0.2, 0.25) is 0 Å². The zero-order valence-corrected chi connectivity index (χ0v) is 12.6. The highest BCUT2D eigenvalue weighted by atomic mass is 16.5. The number of ether oxygens (including phenoxy) is 2. The van der Waals surface area contributed by atoms with E-state index >= 15 is 0 Å². The first-order chi connectivity index (χ1) is 10.6. The Morgan fingerprint density at radius 2 is 1.95 bits per heavy atom. The molecule has 1 unspecified atom stereocenters. The topological polar surface area (TPSA) is 76.1 Å². The summed E-state index contributed by atoms with van der Waals surface area (Å²) < 4.78 is 9.70. The van der Waals surface area contributed by atoms with Crippen LogP contribution in [-0.2, 0) is 9.47 Å². The van der Waals surface area contributed by atoms with Gasteiger partial charge in [-0.1, -0.05) is 12.1 Å². The Hall–Kier alpha value is -2.50. The van der Waals surface area contributed by atoms with Gasteiger partial charge in [0.15, 0.2) is 0 Å². The third kappa shape index (κ3) is 3.39. The van der Waals surface area contributed by atoms with E-state index in [4.69, 9.17) is 4.74 Å². The van der Waals surface area contributed by atoms with Crippen LogP contribution in [0.5, 0.6) is 0 Å². The van der Waals surface area contributed by atoms with Crippen LogP contribution >= 0.6 is 0 Å². The van der Waals surface area contributed by atoms with Crippen LogP contribution in [0.15, 0.2) is 36.1 Å². The van der Waals surface area contributed by atoms with Gasteiger partial charge in [-0.3, -0.25) is 0 Å². The molecule has 1 fully saturated rings. The highest BCUT2D eigenvalue weighted by Crippen LogP contribution is 2.34. The highest BCUT2D eigenvalue weighted by Gasteiger charge is 2.30. The molecule has 22 heavy (non-hydrogen) atoms. The van der Waals surface area contributed by atoms with E-state index in [1.54, 1.807) is 37.6 Å². The maximum atomic E-state index is 11.5. The fourth-order valence-corrected chi connectivity index (χ4v) is 2.64. The van der Waals surface area contributed by atoms with Gasteiger partial charge < -0.3 is 19.5 Å². The van der Waals surface area contributed by atoms with Crippen LogP contribution in [0.3, 0.4) is 0 Å². The van der Waals surface area contributed by atoms with E-state index in [0.29, 0.717) is 24.9 Å². The van der Waals surface area contributed by atoms with Crippen LogP contribution in [0.4, 0.5) is 4.79 Å². The monoisotopic (exact) mass is 305 g/mol. The molecule has 1 N–H and O–H groups in total. The Labute approximate surface area is 128 Å². The molecule has 1 aromatic rings. The van der Waals surface area contributed by atoms with Crippen molar-refractivity contribution in [3.63, 3.8) is 0 Å². The minimum atomic E-state index is -0.946. The van der Waals surface area contributed by atoms with Crippen LogP contribution in [0.25, 0.3) is 0 Å². The maximum Gasteiger partial charge on any atom is 0.407 e. The number of rotatable bonds is 3. The number of benzene rings is 1. The molecule has 0 bridgehead atoms. The van der Waals surface area contributed by atoms with Crippen molar-refractivity contribution in [2.24, 2.45) is 0 Å². The maximum absolute atomic E-state index is 11.5. The third-order valence-electron chi connectivity index (χ3n) is 3.75. The molecule has 1 aliphatic heterocycles. The summed E-state index contributed by atoms with van der Waals surface area (Å²) in [6, 6.07) is 6.55. The average molecular weight is 305 g/mol. The molecule has 1 amide bonds. The van der Waals surface area contributed by atoms with E-state index in [1.807, 2.05) is 0 Å². The number of carbonyl (C=O) groups excluding carboxylic acids is 1. The first-order valence-corrected chi connectivity index (χ1v) is 6.95. The van der Waals surface area contributed by atoms with E-state index < -0.39 is 12.1 Å². The molecule has 6 heteroatoms. The van der Waals surface area contributed by atoms with Crippen LogP contribution in [0.2, 0.25) is 0 Å². The van der Waals surface area contributed by atoms with Crippen molar-refractivity contribution in [1.29, 1.82) is 0 Å². The van der Waals surface area contributed by atoms with Gasteiger partial charge in [-0.15, -0.1) is 0 Å². The lowest BCUT2D eigenvalue weighted by Gasteiger charge is -2.35. The third-order valence-corrected chi connectivity index (χ3v) is 3.75. The first kappa shape index (κ1) is 15.9. The van der Waals surface area contributed by atoms with Crippen LogP contribution in [-0.4, -0.2) is 42.8 Å². The average Bonchev–Trinajstić information content (AvgIpc) is 2.54. The Balaban J connectivity index is 2.26. The highest BCUT2D eigenvalue weighted by molar-refractivity contribution is 5.89. The summed E-state index contributed by atoms with van der Waals surface area (Å²) in [4.78, 5) is 24.3. The summed E-state index contributed by atoms with van der Waals surface area (Å²) >= 11 is 0. The molecule has 0 aromatic heterocycles. The number of carbonyl (C=O) groups is 2. The molecule has 1 aromatic carbocycles. The smallest absolute Gasteiger partial charge is 0.407 e. The lowest BCUT2D eigenvalue weighted by atomic mass is 9.92. The standard InChI is InChI=1S/C16H19NO5/c1-21-10-11-7-8-17(16(19)20)14(9-11)12-3-5-13(6-4-12)15(18)22-2/h3-6,10,14H,7-9H2,1-2H3,(H,19,20). The second-order valence-electron chi connectivity index (χ2n) is 5.07. The zero-order valence-electron chi connectivity index (χ0n) is 12.6. The number of piperidine rings is 1. The van der Waals surface area contributed by atoms with Gasteiger partial charge in [-0.2, -0.15) is 0 Å². The Bertz CT molecular complexity index is 579. The van der Waals surface area contributed by atoms with Gasteiger partial charge in [0, 0.05) is 6.54 Å². The Morgan fingerprint density at radius 3 is 2.50 bits per heavy atom. The SMILES string of the molecule is COC=C1CCN(C(=O)O)C(c2ccc(C(=O)OC)cc2)C1. The summed E-state index contributed by atoms with van der Waals surface area (Å²) in [5.74, 6) is -0.412. The second kappa shape index (κ2) is 6.98. The van der Waals surface area contributed by atoms with Crippen molar-refractivity contribution in [1.82, 2.24) is 4.90 Å². The van der Waals surface area contributed by atoms with Crippen LogP contribution in [0, 0.1) is 0 Å². The summed E-state index contributed by atoms with van der Waals surface area (Å²) in [6.07, 6.45) is 1.97. The quantitative estimate of drug-likeness (QED) is 0.686. The minimum absolute atomic E-state index is 0.278. The molecule has 0 aliphatic carbocycles. The molecule has 1 atom stereocenters. The Kier molecular flexibility index (Phi) is 5.04. The molecule has 1 heterocycles. The largest absolute Gasteiger partial charge is 0.504 e. The van der Waals surface area contributed by atoms with Crippen LogP contribution in [0.1, 0.15) is 34.8 Å². The molecular weight excluding hydrogens is 286 g/mol. The predicted molar refractivity (Wildman–Crippen MR) is 79.6 cm³/mol. The van der Waals surface area contributed by atoms with Gasteiger partial charge in [-0.05, 0) is 36.1 Å². The van der Waals surface area contributed by atoms with E-state index in [2.05, 4.69) is 4.74 Å². The van der Waals surface area contributed by atoms with Crippen molar-refractivity contribution in [2.45, 2.75) is 18.9 Å².